The van der Waals surface area contributed by atoms with E-state index >= 15 is 0 Å². The summed E-state index contributed by atoms with van der Waals surface area (Å²) in [5.74, 6) is 2.38. The molecule has 2 aromatic rings. The number of anilines is 4. The number of pyridine rings is 2. The molecule has 35 heavy (non-hydrogen) atoms. The Kier molecular flexibility index (Phi) is 12.3. The van der Waals surface area contributed by atoms with E-state index in [4.69, 9.17) is 38.4 Å². The van der Waals surface area contributed by atoms with Gasteiger partial charge in [-0.15, -0.1) is 0 Å². The second kappa shape index (κ2) is 14.9. The average molecular weight is 548 g/mol. The molecule has 4 heterocycles. The summed E-state index contributed by atoms with van der Waals surface area (Å²) in [6.45, 7) is 8.81. The molecule has 0 spiro atoms. The maximum atomic E-state index is 11.0. The van der Waals surface area contributed by atoms with Crippen LogP contribution in [0.25, 0.3) is 0 Å². The molecule has 2 aromatic heterocycles. The molecular weight excluding hydrogens is 519 g/mol. The normalized spacial score (nSPS) is 15.2. The van der Waals surface area contributed by atoms with E-state index in [-0.39, 0.29) is 11.1 Å². The van der Waals surface area contributed by atoms with Crippen molar-refractivity contribution in [3.63, 3.8) is 0 Å². The van der Waals surface area contributed by atoms with Crippen molar-refractivity contribution in [2.45, 2.75) is 13.8 Å². The first-order valence-corrected chi connectivity index (χ1v) is 12.0. The fourth-order valence-corrected chi connectivity index (χ4v) is 3.55. The number of carbonyl (C=O) groups is 2. The van der Waals surface area contributed by atoms with E-state index in [9.17, 15) is 9.59 Å². The number of rotatable bonds is 3. The third-order valence-corrected chi connectivity index (χ3v) is 4.98. The molecule has 0 radical (unpaired) electrons. The van der Waals surface area contributed by atoms with E-state index in [1.165, 1.54) is 13.8 Å². The minimum Gasteiger partial charge on any atom is -0.384 e. The Morgan fingerprint density at radius 1 is 0.857 bits per heavy atom. The van der Waals surface area contributed by atoms with Crippen LogP contribution in [0, 0.1) is 0 Å². The maximum absolute atomic E-state index is 11.0. The van der Waals surface area contributed by atoms with Crippen molar-refractivity contribution in [3.8, 4) is 0 Å². The van der Waals surface area contributed by atoms with Crippen molar-refractivity contribution in [1.82, 2.24) is 9.97 Å². The van der Waals surface area contributed by atoms with Crippen LogP contribution >= 0.6 is 34.8 Å². The van der Waals surface area contributed by atoms with Gasteiger partial charge in [-0.25, -0.2) is 9.97 Å². The van der Waals surface area contributed by atoms with E-state index in [0.29, 0.717) is 34.9 Å². The smallest absolute Gasteiger partial charge is 0.222 e. The number of nitrogens with zero attached hydrogens (tertiary/aromatic N) is 4. The summed E-state index contributed by atoms with van der Waals surface area (Å²) in [7, 11) is 0. The highest BCUT2D eigenvalue weighted by atomic mass is 35.5. The number of nitrogen functional groups attached to an aromatic ring is 1. The number of nitrogens with two attached hydrogens (primary N) is 1. The Hall–Kier alpha value is -2.37. The number of aromatic nitrogens is 2. The number of nitrogens with one attached hydrogen (secondary N) is 1. The number of morpholine rings is 2. The van der Waals surface area contributed by atoms with Crippen LogP contribution in [0.4, 0.5) is 23.3 Å². The third kappa shape index (κ3) is 11.3. The van der Waals surface area contributed by atoms with E-state index in [1.807, 2.05) is 6.07 Å². The lowest BCUT2D eigenvalue weighted by Crippen LogP contribution is -2.36. The molecule has 0 bridgehead atoms. The summed E-state index contributed by atoms with van der Waals surface area (Å²) in [6.07, 6.45) is 0. The van der Waals surface area contributed by atoms with Gasteiger partial charge in [0.25, 0.3) is 0 Å². The van der Waals surface area contributed by atoms with Gasteiger partial charge in [-0.05, 0) is 35.9 Å². The Balaban J connectivity index is 0.000000217. The van der Waals surface area contributed by atoms with Crippen molar-refractivity contribution in [2.24, 2.45) is 0 Å². The molecule has 0 unspecified atom stereocenters. The predicted octanol–water partition coefficient (Wildman–Crippen LogP) is 3.46. The zero-order valence-corrected chi connectivity index (χ0v) is 21.9. The second-order valence-corrected chi connectivity index (χ2v) is 8.85. The standard InChI is InChI=1S/C11H14ClN3O2.C9H12ClN3O.C2H3ClO/c1-8(16)13-10-6-9(12)7-11(14-10)15-2-4-17-5-3-15;10-7-5-8(11)12-9(6-7)13-1-3-14-4-2-13;1-2(3)4/h6-7H,2-5H2,1H3,(H,13,14,16);5-6H,1-4H2,(H2,11,12);1H3. The number of hydrogen-bond acceptors (Lipinski definition) is 9. The van der Waals surface area contributed by atoms with Crippen molar-refractivity contribution in [1.29, 1.82) is 0 Å². The van der Waals surface area contributed by atoms with Crippen LogP contribution in [-0.2, 0) is 19.1 Å². The van der Waals surface area contributed by atoms with Gasteiger partial charge in [-0.2, -0.15) is 0 Å². The fourth-order valence-electron chi connectivity index (χ4n) is 3.14. The zero-order valence-electron chi connectivity index (χ0n) is 19.6. The molecule has 2 saturated heterocycles. The quantitative estimate of drug-likeness (QED) is 0.556. The first-order valence-electron chi connectivity index (χ1n) is 10.8. The van der Waals surface area contributed by atoms with Gasteiger partial charge in [0, 0.05) is 50.1 Å². The van der Waals surface area contributed by atoms with Crippen LogP contribution in [0.2, 0.25) is 10.0 Å². The Morgan fingerprint density at radius 3 is 1.71 bits per heavy atom. The number of halogens is 3. The molecule has 2 aliphatic rings. The molecule has 0 saturated carbocycles. The van der Waals surface area contributed by atoms with Crippen LogP contribution in [0.15, 0.2) is 24.3 Å². The summed E-state index contributed by atoms with van der Waals surface area (Å²) in [5.41, 5.74) is 5.61. The molecule has 0 aromatic carbocycles. The Morgan fingerprint density at radius 2 is 1.29 bits per heavy atom. The van der Waals surface area contributed by atoms with Crippen molar-refractivity contribution in [2.75, 3.05) is 73.5 Å². The van der Waals surface area contributed by atoms with Gasteiger partial charge in [-0.3, -0.25) is 9.59 Å². The average Bonchev–Trinajstić information content (AvgIpc) is 2.79. The third-order valence-electron chi connectivity index (χ3n) is 4.55. The molecule has 13 heteroatoms. The zero-order chi connectivity index (χ0) is 25.8. The predicted molar refractivity (Wildman–Crippen MR) is 140 cm³/mol. The second-order valence-electron chi connectivity index (χ2n) is 7.45. The van der Waals surface area contributed by atoms with Crippen LogP contribution < -0.4 is 20.9 Å². The summed E-state index contributed by atoms with van der Waals surface area (Å²) in [4.78, 5) is 33.0. The maximum Gasteiger partial charge on any atom is 0.222 e. The van der Waals surface area contributed by atoms with Crippen LogP contribution in [0.1, 0.15) is 13.8 Å². The molecule has 2 fully saturated rings. The highest BCUT2D eigenvalue weighted by Crippen LogP contribution is 2.22. The van der Waals surface area contributed by atoms with Crippen LogP contribution in [0.3, 0.4) is 0 Å². The Labute approximate surface area is 219 Å². The number of ether oxygens (including phenoxy) is 2. The van der Waals surface area contributed by atoms with Gasteiger partial charge in [0.05, 0.1) is 26.4 Å². The lowest BCUT2D eigenvalue weighted by molar-refractivity contribution is -0.114. The summed E-state index contributed by atoms with van der Waals surface area (Å²) >= 11 is 16.5. The summed E-state index contributed by atoms with van der Waals surface area (Å²) in [5, 5.41) is 3.46. The largest absolute Gasteiger partial charge is 0.384 e. The van der Waals surface area contributed by atoms with E-state index in [1.54, 1.807) is 18.2 Å². The molecule has 4 rings (SSSR count). The lowest BCUT2D eigenvalue weighted by Gasteiger charge is -2.28. The molecule has 0 atom stereocenters. The minimum absolute atomic E-state index is 0.160. The van der Waals surface area contributed by atoms with Crippen LogP contribution in [0.5, 0.6) is 0 Å². The fraction of sp³-hybridized carbons (Fsp3) is 0.455. The molecule has 0 aliphatic carbocycles. The van der Waals surface area contributed by atoms with Crippen molar-refractivity contribution < 1.29 is 19.1 Å². The van der Waals surface area contributed by atoms with Gasteiger partial charge in [0.2, 0.25) is 11.1 Å². The van der Waals surface area contributed by atoms with E-state index in [0.717, 1.165) is 51.0 Å². The molecule has 192 valence electrons. The summed E-state index contributed by atoms with van der Waals surface area (Å²) < 4.78 is 10.5. The molecule has 1 amide bonds. The molecule has 10 nitrogen and oxygen atoms in total. The van der Waals surface area contributed by atoms with Gasteiger partial charge < -0.3 is 30.3 Å². The van der Waals surface area contributed by atoms with Crippen molar-refractivity contribution >= 4 is 69.2 Å². The Bertz CT molecular complexity index is 961. The van der Waals surface area contributed by atoms with E-state index < -0.39 is 0 Å². The van der Waals surface area contributed by atoms with Gasteiger partial charge >= 0.3 is 0 Å². The number of carbonyl (C=O) groups excluding carboxylic acids is 2. The lowest BCUT2D eigenvalue weighted by atomic mass is 10.3. The van der Waals surface area contributed by atoms with E-state index in [2.05, 4.69) is 36.7 Å². The molecule has 2 aliphatic heterocycles. The SMILES string of the molecule is CC(=O)Cl.CC(=O)Nc1cc(Cl)cc(N2CCOCC2)n1.Nc1cc(Cl)cc(N2CCOCC2)n1. The van der Waals surface area contributed by atoms with Crippen LogP contribution in [-0.4, -0.2) is 73.7 Å². The van der Waals surface area contributed by atoms with Gasteiger partial charge in [-0.1, -0.05) is 23.2 Å². The highest BCUT2D eigenvalue weighted by Gasteiger charge is 2.14. The topological polar surface area (TPSA) is 123 Å². The number of amides is 1. The molecular formula is C22H29Cl3N6O4. The first-order chi connectivity index (χ1) is 16.6. The van der Waals surface area contributed by atoms with Gasteiger partial charge in [0.15, 0.2) is 0 Å². The monoisotopic (exact) mass is 546 g/mol. The molecule has 3 N–H and O–H groups in total. The highest BCUT2D eigenvalue weighted by molar-refractivity contribution is 6.62. The van der Waals surface area contributed by atoms with Gasteiger partial charge in [0.1, 0.15) is 23.3 Å². The first kappa shape index (κ1) is 28.9. The van der Waals surface area contributed by atoms with Crippen molar-refractivity contribution in [3.05, 3.63) is 34.3 Å². The minimum atomic E-state index is -0.361. The number of hydrogen-bond donors (Lipinski definition) is 2. The summed E-state index contributed by atoms with van der Waals surface area (Å²) in [6, 6.07) is 6.89.